The number of rotatable bonds is 6. The number of ether oxygens (including phenoxy) is 1. The van der Waals surface area contributed by atoms with Gasteiger partial charge in [0.25, 0.3) is 0 Å². The van der Waals surface area contributed by atoms with Crippen LogP contribution in [0.3, 0.4) is 0 Å². The fourth-order valence-corrected chi connectivity index (χ4v) is 5.93. The van der Waals surface area contributed by atoms with Gasteiger partial charge in [0.2, 0.25) is 0 Å². The smallest absolute Gasteiger partial charge is 0.161 e. The third kappa shape index (κ3) is 4.57. The number of allylic oxidation sites excluding steroid dienone is 4. The highest BCUT2D eigenvalue weighted by molar-refractivity contribution is 9.10. The zero-order valence-electron chi connectivity index (χ0n) is 19.2. The van der Waals surface area contributed by atoms with E-state index in [9.17, 15) is 19.5 Å². The average Bonchev–Trinajstić information content (AvgIpc) is 2.84. The molecule has 0 fully saturated rings. The van der Waals surface area contributed by atoms with Crippen LogP contribution in [0.4, 0.5) is 0 Å². The lowest BCUT2D eigenvalue weighted by atomic mass is 9.71. The summed E-state index contributed by atoms with van der Waals surface area (Å²) in [7, 11) is 0. The van der Waals surface area contributed by atoms with Crippen molar-refractivity contribution in [1.29, 1.82) is 0 Å². The molecule has 0 atom stereocenters. The van der Waals surface area contributed by atoms with Gasteiger partial charge in [-0.15, -0.1) is 0 Å². The van der Waals surface area contributed by atoms with Crippen molar-refractivity contribution < 1.29 is 24.2 Å². The highest BCUT2D eigenvalue weighted by Gasteiger charge is 2.43. The Morgan fingerprint density at radius 2 is 1.57 bits per heavy atom. The molecule has 2 aliphatic carbocycles. The van der Waals surface area contributed by atoms with Gasteiger partial charge in [-0.1, -0.05) is 36.4 Å². The van der Waals surface area contributed by atoms with Crippen LogP contribution in [0.1, 0.15) is 55.6 Å². The lowest BCUT2D eigenvalue weighted by molar-refractivity contribution is -0.305. The molecule has 0 radical (unpaired) electrons. The van der Waals surface area contributed by atoms with Gasteiger partial charge in [-0.3, -0.25) is 9.59 Å². The van der Waals surface area contributed by atoms with Gasteiger partial charge in [0.05, 0.1) is 17.0 Å². The first-order valence-corrected chi connectivity index (χ1v) is 12.7. The van der Waals surface area contributed by atoms with E-state index < -0.39 is 11.9 Å². The van der Waals surface area contributed by atoms with Crippen LogP contribution in [-0.2, 0) is 21.0 Å². The van der Waals surface area contributed by atoms with Crippen LogP contribution in [-0.4, -0.2) is 29.0 Å². The van der Waals surface area contributed by atoms with Gasteiger partial charge in [0.15, 0.2) is 11.6 Å². The molecule has 35 heavy (non-hydrogen) atoms. The normalized spacial score (nSPS) is 18.5. The number of carboxylic acids is 1. The molecule has 2 aromatic carbocycles. The molecule has 1 heterocycles. The minimum Gasteiger partial charge on any atom is -0.548 e. The second-order valence-electron chi connectivity index (χ2n) is 9.13. The Morgan fingerprint density at radius 1 is 0.943 bits per heavy atom. The third-order valence-electron chi connectivity index (χ3n) is 6.90. The SMILES string of the molecule is O=C([O-])CN1C2=C(C(=O)CCC2)C(c2ccc(OCc3ccccc3)c(Br)c2)C2=C1CCCC2=O. The Hall–Kier alpha value is -3.19. The van der Waals surface area contributed by atoms with Gasteiger partial charge in [0, 0.05) is 41.3 Å². The molecule has 0 bridgehead atoms. The maximum atomic E-state index is 13.2. The molecule has 0 saturated heterocycles. The number of carboxylic acid groups (broad SMARTS) is 1. The molecular weight excluding hydrogens is 510 g/mol. The van der Waals surface area contributed by atoms with E-state index in [1.54, 1.807) is 4.90 Å². The molecule has 0 amide bonds. The van der Waals surface area contributed by atoms with E-state index in [2.05, 4.69) is 15.9 Å². The second-order valence-corrected chi connectivity index (χ2v) is 9.98. The largest absolute Gasteiger partial charge is 0.548 e. The second kappa shape index (κ2) is 9.82. The number of Topliss-reactive ketones (excluding diaryl/α,β-unsaturated/α-hetero) is 2. The average molecular weight is 535 g/mol. The molecule has 2 aromatic rings. The van der Waals surface area contributed by atoms with E-state index in [1.165, 1.54) is 0 Å². The van der Waals surface area contributed by atoms with E-state index in [0.29, 0.717) is 62.0 Å². The molecule has 5 rings (SSSR count). The van der Waals surface area contributed by atoms with Gasteiger partial charge >= 0.3 is 0 Å². The van der Waals surface area contributed by atoms with Crippen LogP contribution in [0.2, 0.25) is 0 Å². The highest BCUT2D eigenvalue weighted by Crippen LogP contribution is 2.49. The van der Waals surface area contributed by atoms with E-state index >= 15 is 0 Å². The fourth-order valence-electron chi connectivity index (χ4n) is 5.42. The molecule has 180 valence electrons. The van der Waals surface area contributed by atoms with Crippen molar-refractivity contribution in [2.24, 2.45) is 0 Å². The van der Waals surface area contributed by atoms with Crippen molar-refractivity contribution in [2.45, 2.75) is 51.0 Å². The maximum Gasteiger partial charge on any atom is 0.161 e. The van der Waals surface area contributed by atoms with Crippen LogP contribution in [0.15, 0.2) is 75.5 Å². The van der Waals surface area contributed by atoms with Crippen molar-refractivity contribution >= 4 is 33.5 Å². The number of ketones is 2. The number of hydrogen-bond acceptors (Lipinski definition) is 6. The molecule has 0 spiro atoms. The Labute approximate surface area is 212 Å². The molecule has 0 N–H and O–H groups in total. The van der Waals surface area contributed by atoms with E-state index in [4.69, 9.17) is 4.74 Å². The lowest BCUT2D eigenvalue weighted by Crippen LogP contribution is -2.44. The summed E-state index contributed by atoms with van der Waals surface area (Å²) in [5, 5.41) is 11.6. The Morgan fingerprint density at radius 3 is 2.14 bits per heavy atom. The van der Waals surface area contributed by atoms with Gasteiger partial charge < -0.3 is 19.5 Å². The molecule has 6 nitrogen and oxygen atoms in total. The van der Waals surface area contributed by atoms with Crippen LogP contribution in [0.25, 0.3) is 0 Å². The molecule has 3 aliphatic rings. The standard InChI is InChI=1S/C28H26BrNO5/c29-19-14-18(12-13-24(19)35-16-17-6-2-1-3-7-17)26-27-20(8-4-10-22(27)31)30(15-25(33)34)21-9-5-11-23(32)28(21)26/h1-3,6-7,12-14,26H,4-5,8-11,15-16H2,(H,33,34)/p-1. The highest BCUT2D eigenvalue weighted by atomic mass is 79.9. The number of hydrogen-bond donors (Lipinski definition) is 0. The monoisotopic (exact) mass is 534 g/mol. The predicted octanol–water partition coefficient (Wildman–Crippen LogP) is 4.19. The Bertz CT molecular complexity index is 1220. The molecule has 1 aliphatic heterocycles. The summed E-state index contributed by atoms with van der Waals surface area (Å²) in [6, 6.07) is 15.5. The van der Waals surface area contributed by atoms with Gasteiger partial charge in [-0.25, -0.2) is 0 Å². The molecular formula is C28H25BrNO5-. The number of nitrogens with zero attached hydrogens (tertiary/aromatic N) is 1. The minimum atomic E-state index is -1.22. The number of aliphatic carboxylic acids is 1. The number of benzene rings is 2. The summed E-state index contributed by atoms with van der Waals surface area (Å²) in [5.74, 6) is -1.10. The van der Waals surface area contributed by atoms with Crippen molar-refractivity contribution in [1.82, 2.24) is 4.90 Å². The van der Waals surface area contributed by atoms with E-state index in [1.807, 2.05) is 48.5 Å². The first kappa shape index (κ1) is 23.5. The van der Waals surface area contributed by atoms with Crippen molar-refractivity contribution in [3.8, 4) is 5.75 Å². The summed E-state index contributed by atoms with van der Waals surface area (Å²) >= 11 is 3.61. The van der Waals surface area contributed by atoms with Crippen LogP contribution in [0.5, 0.6) is 5.75 Å². The first-order valence-electron chi connectivity index (χ1n) is 11.9. The van der Waals surface area contributed by atoms with Crippen LogP contribution >= 0.6 is 15.9 Å². The minimum absolute atomic E-state index is 0.0231. The van der Waals surface area contributed by atoms with Gasteiger partial charge in [0.1, 0.15) is 12.4 Å². The summed E-state index contributed by atoms with van der Waals surface area (Å²) in [6.07, 6.45) is 3.33. The quantitative estimate of drug-likeness (QED) is 0.552. The number of halogens is 1. The van der Waals surface area contributed by atoms with Crippen LogP contribution < -0.4 is 9.84 Å². The molecule has 0 aromatic heterocycles. The third-order valence-corrected chi connectivity index (χ3v) is 7.52. The summed E-state index contributed by atoms with van der Waals surface area (Å²) in [5.41, 5.74) is 4.43. The summed E-state index contributed by atoms with van der Waals surface area (Å²) in [6.45, 7) is 0.0723. The summed E-state index contributed by atoms with van der Waals surface area (Å²) in [4.78, 5) is 39.7. The number of carbonyl (C=O) groups is 3. The zero-order chi connectivity index (χ0) is 24.5. The lowest BCUT2D eigenvalue weighted by Gasteiger charge is -2.44. The fraction of sp³-hybridized carbons (Fsp3) is 0.321. The Kier molecular flexibility index (Phi) is 6.60. The van der Waals surface area contributed by atoms with Gasteiger partial charge in [-0.2, -0.15) is 0 Å². The topological polar surface area (TPSA) is 86.7 Å². The molecule has 7 heteroatoms. The zero-order valence-corrected chi connectivity index (χ0v) is 20.8. The van der Waals surface area contributed by atoms with Crippen molar-refractivity contribution in [3.63, 3.8) is 0 Å². The van der Waals surface area contributed by atoms with E-state index in [0.717, 1.165) is 27.0 Å². The molecule has 0 saturated carbocycles. The summed E-state index contributed by atoms with van der Waals surface area (Å²) < 4.78 is 6.73. The van der Waals surface area contributed by atoms with Crippen molar-refractivity contribution in [2.75, 3.05) is 6.54 Å². The number of carbonyl (C=O) groups excluding carboxylic acids is 3. The van der Waals surface area contributed by atoms with Crippen molar-refractivity contribution in [3.05, 3.63) is 86.7 Å². The maximum absolute atomic E-state index is 13.2. The van der Waals surface area contributed by atoms with Crippen LogP contribution in [0, 0.1) is 0 Å². The predicted molar refractivity (Wildman–Crippen MR) is 131 cm³/mol. The van der Waals surface area contributed by atoms with Gasteiger partial charge in [-0.05, 0) is 64.9 Å². The molecule has 0 unspecified atom stereocenters. The first-order chi connectivity index (χ1) is 16.9. The Balaban J connectivity index is 1.56. The van der Waals surface area contributed by atoms with E-state index in [-0.39, 0.29) is 18.1 Å².